The van der Waals surface area contributed by atoms with E-state index in [1.807, 2.05) is 18.2 Å². The van der Waals surface area contributed by atoms with Gasteiger partial charge in [0.1, 0.15) is 5.69 Å². The first kappa shape index (κ1) is 17.6. The third-order valence-electron chi connectivity index (χ3n) is 3.47. The number of carbonyl (C=O) groups is 1. The van der Waals surface area contributed by atoms with E-state index in [4.69, 9.17) is 5.73 Å². The van der Waals surface area contributed by atoms with Crippen molar-refractivity contribution >= 4 is 17.2 Å². The maximum absolute atomic E-state index is 12.5. The number of hydrogen-bond acceptors (Lipinski definition) is 4. The Hall–Kier alpha value is -1.72. The lowest BCUT2D eigenvalue weighted by Gasteiger charge is -2.27. The predicted octanol–water partition coefficient (Wildman–Crippen LogP) is 3.55. The summed E-state index contributed by atoms with van der Waals surface area (Å²) in [6.45, 7) is 7.08. The summed E-state index contributed by atoms with van der Waals surface area (Å²) in [4.78, 5) is 16.9. The van der Waals surface area contributed by atoms with Gasteiger partial charge in [-0.1, -0.05) is 51.1 Å². The molecule has 1 heterocycles. The number of rotatable bonds is 6. The Morgan fingerprint density at radius 2 is 2.00 bits per heavy atom. The lowest BCUT2D eigenvalue weighted by Crippen LogP contribution is -2.31. The minimum absolute atomic E-state index is 0.0247. The van der Waals surface area contributed by atoms with Crippen LogP contribution in [0.15, 0.2) is 35.7 Å². The normalized spacial score (nSPS) is 12.9. The highest BCUT2D eigenvalue weighted by atomic mass is 32.1. The number of nitrogens with one attached hydrogen (secondary N) is 1. The second-order valence-corrected chi connectivity index (χ2v) is 7.81. The Morgan fingerprint density at radius 3 is 2.61 bits per heavy atom. The third-order valence-corrected chi connectivity index (χ3v) is 4.37. The van der Waals surface area contributed by atoms with E-state index in [9.17, 15) is 4.79 Å². The van der Waals surface area contributed by atoms with Gasteiger partial charge in [-0.3, -0.25) is 4.79 Å². The molecular formula is C18H25N3OS. The van der Waals surface area contributed by atoms with Gasteiger partial charge in [-0.25, -0.2) is 4.98 Å². The zero-order valence-electron chi connectivity index (χ0n) is 14.0. The van der Waals surface area contributed by atoms with Crippen molar-refractivity contribution in [3.8, 4) is 0 Å². The van der Waals surface area contributed by atoms with Crippen LogP contribution in [0.3, 0.4) is 0 Å². The first-order valence-electron chi connectivity index (χ1n) is 7.89. The van der Waals surface area contributed by atoms with Crippen molar-refractivity contribution < 1.29 is 4.79 Å². The monoisotopic (exact) mass is 331 g/mol. The van der Waals surface area contributed by atoms with Crippen LogP contribution in [0.5, 0.6) is 0 Å². The number of amides is 1. The van der Waals surface area contributed by atoms with Crippen molar-refractivity contribution in [2.24, 2.45) is 11.1 Å². The third kappa shape index (κ3) is 5.44. The molecule has 2 rings (SSSR count). The Morgan fingerprint density at radius 1 is 1.30 bits per heavy atom. The molecule has 0 aliphatic heterocycles. The van der Waals surface area contributed by atoms with E-state index in [2.05, 4.69) is 43.2 Å². The summed E-state index contributed by atoms with van der Waals surface area (Å²) in [5, 5.41) is 5.85. The molecule has 1 unspecified atom stereocenters. The number of hydrogen-bond donors (Lipinski definition) is 2. The largest absolute Gasteiger partial charge is 0.344 e. The number of benzene rings is 1. The van der Waals surface area contributed by atoms with Gasteiger partial charge in [0, 0.05) is 11.8 Å². The maximum Gasteiger partial charge on any atom is 0.271 e. The van der Waals surface area contributed by atoms with E-state index in [0.29, 0.717) is 18.7 Å². The summed E-state index contributed by atoms with van der Waals surface area (Å²) in [6.07, 6.45) is 1.57. The molecule has 0 saturated carbocycles. The summed E-state index contributed by atoms with van der Waals surface area (Å²) >= 11 is 1.49. The smallest absolute Gasteiger partial charge is 0.271 e. The molecule has 23 heavy (non-hydrogen) atoms. The summed E-state index contributed by atoms with van der Waals surface area (Å²) in [5.74, 6) is -0.123. The molecule has 1 amide bonds. The topological polar surface area (TPSA) is 68.0 Å². The molecule has 0 saturated heterocycles. The second-order valence-electron chi connectivity index (χ2n) is 6.87. The van der Waals surface area contributed by atoms with Gasteiger partial charge in [-0.2, -0.15) is 0 Å². The van der Waals surface area contributed by atoms with Gasteiger partial charge in [-0.15, -0.1) is 11.3 Å². The molecule has 124 valence electrons. The molecule has 1 aromatic carbocycles. The van der Waals surface area contributed by atoms with Gasteiger partial charge < -0.3 is 11.1 Å². The van der Waals surface area contributed by atoms with E-state index in [-0.39, 0.29) is 17.4 Å². The zero-order chi connectivity index (χ0) is 16.9. The zero-order valence-corrected chi connectivity index (χ0v) is 14.8. The van der Waals surface area contributed by atoms with Gasteiger partial charge in [0.25, 0.3) is 5.91 Å². The molecular weight excluding hydrogens is 306 g/mol. The molecule has 0 aliphatic rings. The number of nitrogens with zero attached hydrogens (tertiary/aromatic N) is 1. The highest BCUT2D eigenvalue weighted by Crippen LogP contribution is 2.29. The van der Waals surface area contributed by atoms with Crippen LogP contribution in [-0.2, 0) is 6.42 Å². The predicted molar refractivity (Wildman–Crippen MR) is 95.6 cm³/mol. The molecule has 1 aromatic heterocycles. The van der Waals surface area contributed by atoms with Crippen molar-refractivity contribution in [3.63, 3.8) is 0 Å². The van der Waals surface area contributed by atoms with Crippen LogP contribution in [0.25, 0.3) is 0 Å². The molecule has 0 fully saturated rings. The summed E-state index contributed by atoms with van der Waals surface area (Å²) in [5.41, 5.74) is 7.25. The summed E-state index contributed by atoms with van der Waals surface area (Å²) < 4.78 is 0. The quantitative estimate of drug-likeness (QED) is 0.850. The van der Waals surface area contributed by atoms with Crippen LogP contribution in [0, 0.1) is 5.41 Å². The summed E-state index contributed by atoms with van der Waals surface area (Å²) in [7, 11) is 0. The Bertz CT molecular complexity index is 631. The van der Waals surface area contributed by atoms with Gasteiger partial charge in [0.2, 0.25) is 0 Å². The highest BCUT2D eigenvalue weighted by Gasteiger charge is 2.23. The Labute approximate surface area is 142 Å². The average Bonchev–Trinajstić information content (AvgIpc) is 2.95. The molecule has 4 nitrogen and oxygen atoms in total. The molecule has 0 aliphatic carbocycles. The fraction of sp³-hybridized carbons (Fsp3) is 0.444. The standard InChI is InChI=1S/C18H25N3OS/c1-18(2,3)11-14(13-7-5-4-6-8-13)21-17(22)15-12-23-16(20-15)9-10-19/h4-8,12,14H,9-11,19H2,1-3H3,(H,21,22). The van der Waals surface area contributed by atoms with Crippen molar-refractivity contribution in [1.29, 1.82) is 0 Å². The van der Waals surface area contributed by atoms with Crippen molar-refractivity contribution in [1.82, 2.24) is 10.3 Å². The number of aromatic nitrogens is 1. The average molecular weight is 331 g/mol. The van der Waals surface area contributed by atoms with Crippen LogP contribution in [0.1, 0.15) is 54.3 Å². The lowest BCUT2D eigenvalue weighted by molar-refractivity contribution is 0.0921. The number of nitrogens with two attached hydrogens (primary N) is 1. The first-order valence-corrected chi connectivity index (χ1v) is 8.77. The molecule has 3 N–H and O–H groups in total. The maximum atomic E-state index is 12.5. The van der Waals surface area contributed by atoms with Gasteiger partial charge in [-0.05, 0) is 23.9 Å². The van der Waals surface area contributed by atoms with Crippen LogP contribution in [-0.4, -0.2) is 17.4 Å². The Kier molecular flexibility index (Phi) is 5.91. The van der Waals surface area contributed by atoms with Crippen LogP contribution < -0.4 is 11.1 Å². The minimum atomic E-state index is -0.123. The number of thiazole rings is 1. The highest BCUT2D eigenvalue weighted by molar-refractivity contribution is 7.09. The van der Waals surface area contributed by atoms with Gasteiger partial charge >= 0.3 is 0 Å². The molecule has 1 atom stereocenters. The van der Waals surface area contributed by atoms with Crippen molar-refractivity contribution in [2.45, 2.75) is 39.7 Å². The molecule has 2 aromatic rings. The lowest BCUT2D eigenvalue weighted by atomic mass is 9.85. The molecule has 0 radical (unpaired) electrons. The summed E-state index contributed by atoms with van der Waals surface area (Å²) in [6, 6.07) is 10.1. The minimum Gasteiger partial charge on any atom is -0.344 e. The number of carbonyl (C=O) groups excluding carboxylic acids is 1. The second kappa shape index (κ2) is 7.70. The Balaban J connectivity index is 2.14. The van der Waals surface area contributed by atoms with E-state index >= 15 is 0 Å². The van der Waals surface area contributed by atoms with Gasteiger partial charge in [0.05, 0.1) is 11.0 Å². The van der Waals surface area contributed by atoms with E-state index in [0.717, 1.165) is 17.0 Å². The SMILES string of the molecule is CC(C)(C)CC(NC(=O)c1csc(CCN)n1)c1ccccc1. The molecule has 0 bridgehead atoms. The van der Waals surface area contributed by atoms with E-state index in [1.165, 1.54) is 11.3 Å². The molecule has 5 heteroatoms. The van der Waals surface area contributed by atoms with Crippen LogP contribution in [0.2, 0.25) is 0 Å². The van der Waals surface area contributed by atoms with E-state index in [1.54, 1.807) is 5.38 Å². The fourth-order valence-corrected chi connectivity index (χ4v) is 3.23. The first-order chi connectivity index (χ1) is 10.9. The van der Waals surface area contributed by atoms with Gasteiger partial charge in [0.15, 0.2) is 0 Å². The van der Waals surface area contributed by atoms with Crippen molar-refractivity contribution in [2.75, 3.05) is 6.54 Å². The van der Waals surface area contributed by atoms with E-state index < -0.39 is 0 Å². The molecule has 0 spiro atoms. The fourth-order valence-electron chi connectivity index (χ4n) is 2.44. The van der Waals surface area contributed by atoms with Crippen LogP contribution >= 0.6 is 11.3 Å². The van der Waals surface area contributed by atoms with Crippen molar-refractivity contribution in [3.05, 3.63) is 52.0 Å². The van der Waals surface area contributed by atoms with Crippen LogP contribution in [0.4, 0.5) is 0 Å².